The Bertz CT molecular complexity index is 1090. The zero-order chi connectivity index (χ0) is 17.9. The van der Waals surface area contributed by atoms with Crippen LogP contribution >= 0.6 is 0 Å². The fraction of sp³-hybridized carbons (Fsp3) is 0.0455. The molecule has 4 nitrogen and oxygen atoms in total. The number of hydrogen-bond acceptors (Lipinski definition) is 3. The summed E-state index contributed by atoms with van der Waals surface area (Å²) in [5.74, 6) is 0. The summed E-state index contributed by atoms with van der Waals surface area (Å²) in [6.45, 7) is 0. The van der Waals surface area contributed by atoms with Gasteiger partial charge in [-0.3, -0.25) is 4.68 Å². The monoisotopic (exact) mass is 336 g/mol. The van der Waals surface area contributed by atoms with E-state index in [4.69, 9.17) is 4.99 Å². The highest BCUT2D eigenvalue weighted by atomic mass is 15.2. The molecule has 0 saturated carbocycles. The lowest BCUT2D eigenvalue weighted by atomic mass is 10.0. The van der Waals surface area contributed by atoms with Gasteiger partial charge in [-0.2, -0.15) is 10.4 Å². The van der Waals surface area contributed by atoms with Crippen LogP contribution in [0.2, 0.25) is 0 Å². The van der Waals surface area contributed by atoms with Gasteiger partial charge in [0.2, 0.25) is 0 Å². The summed E-state index contributed by atoms with van der Waals surface area (Å²) in [5, 5.41) is 14.9. The minimum Gasteiger partial charge on any atom is -0.275 e. The Balaban J connectivity index is 1.96. The maximum Gasteiger partial charge on any atom is 0.102 e. The van der Waals surface area contributed by atoms with Gasteiger partial charge in [0, 0.05) is 29.8 Å². The second-order valence-electron chi connectivity index (χ2n) is 6.00. The Hall–Kier alpha value is -3.71. The predicted octanol–water partition coefficient (Wildman–Crippen LogP) is 4.61. The SMILES string of the molecule is Cn1cc2c(C#N)c(N=C(c3ccccc3)c3ccccc3)ccc2n1. The lowest BCUT2D eigenvalue weighted by Gasteiger charge is -2.08. The standard InChI is InChI=1S/C22H16N4/c1-26-15-19-18(14-23)20(12-13-21(19)25-26)24-22(16-8-4-2-5-9-16)17-10-6-3-7-11-17/h2-13,15H,1H3. The van der Waals surface area contributed by atoms with Crippen molar-refractivity contribution in [2.45, 2.75) is 0 Å². The van der Waals surface area contributed by atoms with E-state index >= 15 is 0 Å². The Morgan fingerprint density at radius 3 is 2.12 bits per heavy atom. The van der Waals surface area contributed by atoms with E-state index in [-0.39, 0.29) is 0 Å². The molecule has 3 aromatic carbocycles. The van der Waals surface area contributed by atoms with E-state index in [1.165, 1.54) is 0 Å². The highest BCUT2D eigenvalue weighted by Crippen LogP contribution is 2.28. The van der Waals surface area contributed by atoms with Crippen molar-refractivity contribution in [1.82, 2.24) is 9.78 Å². The van der Waals surface area contributed by atoms with Crippen molar-refractivity contribution in [1.29, 1.82) is 5.26 Å². The Morgan fingerprint density at radius 2 is 1.54 bits per heavy atom. The molecular formula is C22H16N4. The Morgan fingerprint density at radius 1 is 0.923 bits per heavy atom. The van der Waals surface area contributed by atoms with Crippen molar-refractivity contribution >= 4 is 22.3 Å². The van der Waals surface area contributed by atoms with Crippen LogP contribution in [0.25, 0.3) is 10.9 Å². The summed E-state index contributed by atoms with van der Waals surface area (Å²) < 4.78 is 1.72. The van der Waals surface area contributed by atoms with Crippen LogP contribution in [-0.2, 0) is 7.05 Å². The van der Waals surface area contributed by atoms with Gasteiger partial charge in [-0.05, 0) is 12.1 Å². The number of aliphatic imine (C=N–C) groups is 1. The third-order valence-corrected chi connectivity index (χ3v) is 4.22. The fourth-order valence-electron chi connectivity index (χ4n) is 3.02. The third kappa shape index (κ3) is 2.87. The molecule has 4 rings (SSSR count). The normalized spacial score (nSPS) is 10.5. The number of aryl methyl sites for hydroxylation is 1. The first-order valence-electron chi connectivity index (χ1n) is 8.32. The van der Waals surface area contributed by atoms with Gasteiger partial charge >= 0.3 is 0 Å². The van der Waals surface area contributed by atoms with Gasteiger partial charge in [0.25, 0.3) is 0 Å². The summed E-state index contributed by atoms with van der Waals surface area (Å²) in [6.07, 6.45) is 1.86. The van der Waals surface area contributed by atoms with Crippen LogP contribution in [0, 0.1) is 11.3 Å². The first-order valence-corrected chi connectivity index (χ1v) is 8.32. The molecule has 0 radical (unpaired) electrons. The van der Waals surface area contributed by atoms with Gasteiger partial charge in [0.15, 0.2) is 0 Å². The van der Waals surface area contributed by atoms with Crippen LogP contribution in [0.15, 0.2) is 84.0 Å². The smallest absolute Gasteiger partial charge is 0.102 e. The van der Waals surface area contributed by atoms with Crippen molar-refractivity contribution in [2.24, 2.45) is 12.0 Å². The van der Waals surface area contributed by atoms with E-state index in [1.807, 2.05) is 86.0 Å². The summed E-state index contributed by atoms with van der Waals surface area (Å²) in [4.78, 5) is 4.89. The second kappa shape index (κ2) is 6.66. The van der Waals surface area contributed by atoms with Crippen molar-refractivity contribution < 1.29 is 0 Å². The molecule has 0 fully saturated rings. The highest BCUT2D eigenvalue weighted by molar-refractivity contribution is 6.14. The molecule has 124 valence electrons. The van der Waals surface area contributed by atoms with Crippen molar-refractivity contribution in [3.63, 3.8) is 0 Å². The number of rotatable bonds is 3. The van der Waals surface area contributed by atoms with E-state index in [1.54, 1.807) is 4.68 Å². The van der Waals surface area contributed by atoms with Crippen molar-refractivity contribution in [3.8, 4) is 6.07 Å². The quantitative estimate of drug-likeness (QED) is 0.513. The third-order valence-electron chi connectivity index (χ3n) is 4.22. The largest absolute Gasteiger partial charge is 0.275 e. The lowest BCUT2D eigenvalue weighted by Crippen LogP contribution is -2.02. The molecule has 0 amide bonds. The van der Waals surface area contributed by atoms with Crippen LogP contribution in [0.1, 0.15) is 16.7 Å². The number of nitrogens with zero attached hydrogens (tertiary/aromatic N) is 4. The summed E-state index contributed by atoms with van der Waals surface area (Å²) >= 11 is 0. The molecule has 0 aliphatic heterocycles. The Labute approximate surface area is 151 Å². The number of hydrogen-bond donors (Lipinski definition) is 0. The van der Waals surface area contributed by atoms with Gasteiger partial charge in [-0.25, -0.2) is 4.99 Å². The molecule has 0 atom stereocenters. The first kappa shape index (κ1) is 15.8. The number of benzene rings is 3. The fourth-order valence-corrected chi connectivity index (χ4v) is 3.02. The van der Waals surface area contributed by atoms with Gasteiger partial charge in [0.05, 0.1) is 22.5 Å². The van der Waals surface area contributed by atoms with Crippen molar-refractivity contribution in [2.75, 3.05) is 0 Å². The zero-order valence-corrected chi connectivity index (χ0v) is 14.3. The molecule has 0 bridgehead atoms. The average molecular weight is 336 g/mol. The Kier molecular flexibility index (Phi) is 4.04. The average Bonchev–Trinajstić information content (AvgIpc) is 3.07. The zero-order valence-electron chi connectivity index (χ0n) is 14.3. The van der Waals surface area contributed by atoms with E-state index in [0.717, 1.165) is 27.7 Å². The molecule has 0 aliphatic carbocycles. The molecule has 0 N–H and O–H groups in total. The minimum absolute atomic E-state index is 0.542. The lowest BCUT2D eigenvalue weighted by molar-refractivity contribution is 0.780. The van der Waals surface area contributed by atoms with Gasteiger partial charge in [-0.1, -0.05) is 60.7 Å². The summed E-state index contributed by atoms with van der Waals surface area (Å²) in [7, 11) is 1.85. The minimum atomic E-state index is 0.542. The molecule has 4 heteroatoms. The molecular weight excluding hydrogens is 320 g/mol. The summed E-state index contributed by atoms with van der Waals surface area (Å²) in [6, 6.07) is 26.1. The highest BCUT2D eigenvalue weighted by Gasteiger charge is 2.12. The number of fused-ring (bicyclic) bond motifs is 1. The molecule has 0 unspecified atom stereocenters. The topological polar surface area (TPSA) is 54.0 Å². The first-order chi connectivity index (χ1) is 12.8. The predicted molar refractivity (Wildman–Crippen MR) is 104 cm³/mol. The molecule has 0 aliphatic rings. The van der Waals surface area contributed by atoms with E-state index in [9.17, 15) is 5.26 Å². The van der Waals surface area contributed by atoms with Crippen molar-refractivity contribution in [3.05, 3.63) is 95.7 Å². The summed E-state index contributed by atoms with van der Waals surface area (Å²) in [5.41, 5.74) is 4.84. The molecule has 0 saturated heterocycles. The van der Waals surface area contributed by atoms with Crippen LogP contribution in [-0.4, -0.2) is 15.5 Å². The maximum atomic E-state index is 9.72. The molecule has 0 spiro atoms. The number of aromatic nitrogens is 2. The van der Waals surface area contributed by atoms with E-state index < -0.39 is 0 Å². The second-order valence-corrected chi connectivity index (χ2v) is 6.00. The molecule has 26 heavy (non-hydrogen) atoms. The van der Waals surface area contributed by atoms with Crippen LogP contribution in [0.3, 0.4) is 0 Å². The molecule has 1 aromatic heterocycles. The van der Waals surface area contributed by atoms with Gasteiger partial charge < -0.3 is 0 Å². The van der Waals surface area contributed by atoms with Gasteiger partial charge in [0.1, 0.15) is 6.07 Å². The number of nitriles is 1. The molecule has 1 heterocycles. The maximum absolute atomic E-state index is 9.72. The van der Waals surface area contributed by atoms with Gasteiger partial charge in [-0.15, -0.1) is 0 Å². The van der Waals surface area contributed by atoms with Crippen LogP contribution in [0.5, 0.6) is 0 Å². The molecule has 4 aromatic rings. The van der Waals surface area contributed by atoms with Crippen LogP contribution in [0.4, 0.5) is 5.69 Å². The van der Waals surface area contributed by atoms with E-state index in [2.05, 4.69) is 11.2 Å². The van der Waals surface area contributed by atoms with Crippen LogP contribution < -0.4 is 0 Å². The van der Waals surface area contributed by atoms with E-state index in [0.29, 0.717) is 11.3 Å².